The Morgan fingerprint density at radius 1 is 1.24 bits per heavy atom. The number of esters is 1. The van der Waals surface area contributed by atoms with Crippen LogP contribution in [0.15, 0.2) is 48.5 Å². The van der Waals surface area contributed by atoms with Crippen LogP contribution in [0.2, 0.25) is 0 Å². The van der Waals surface area contributed by atoms with E-state index in [-0.39, 0.29) is 18.0 Å². The van der Waals surface area contributed by atoms with Crippen LogP contribution in [0.5, 0.6) is 5.75 Å². The quantitative estimate of drug-likeness (QED) is 0.241. The topological polar surface area (TPSA) is 122 Å². The number of para-hydroxylation sites is 1. The van der Waals surface area contributed by atoms with Crippen molar-refractivity contribution < 1.29 is 33.8 Å². The fourth-order valence-corrected chi connectivity index (χ4v) is 4.62. The van der Waals surface area contributed by atoms with Gasteiger partial charge in [0.15, 0.2) is 11.9 Å². The van der Waals surface area contributed by atoms with Gasteiger partial charge in [-0.25, -0.2) is 4.79 Å². The van der Waals surface area contributed by atoms with Crippen LogP contribution in [0.1, 0.15) is 35.9 Å². The number of aromatic nitrogens is 1. The second-order valence-corrected chi connectivity index (χ2v) is 8.14. The van der Waals surface area contributed by atoms with Crippen LogP contribution < -0.4 is 4.74 Å². The zero-order valence-corrected chi connectivity index (χ0v) is 19.3. The number of carbonyl (C=O) groups excluding carboxylic acids is 1. The number of non-ortho nitro benzene ring substituents is 1. The molecule has 0 spiro atoms. The first-order valence-electron chi connectivity index (χ1n) is 10.7. The van der Waals surface area contributed by atoms with E-state index >= 15 is 0 Å². The van der Waals surface area contributed by atoms with Crippen molar-refractivity contribution in [3.8, 4) is 5.75 Å². The molecule has 10 heteroatoms. The highest BCUT2D eigenvalue weighted by Gasteiger charge is 2.53. The van der Waals surface area contributed by atoms with E-state index in [1.807, 2.05) is 12.1 Å². The molecular weight excluding hydrogens is 444 g/mol. The van der Waals surface area contributed by atoms with Gasteiger partial charge in [0.2, 0.25) is 0 Å². The highest BCUT2D eigenvalue weighted by molar-refractivity contribution is 5.96. The molecule has 3 aromatic rings. The van der Waals surface area contributed by atoms with Crippen LogP contribution in [0.4, 0.5) is 5.69 Å². The lowest BCUT2D eigenvalue weighted by Gasteiger charge is -2.47. The van der Waals surface area contributed by atoms with E-state index in [9.17, 15) is 20.0 Å². The van der Waals surface area contributed by atoms with Gasteiger partial charge in [0, 0.05) is 42.8 Å². The number of fused-ring (bicyclic) bond motifs is 2. The van der Waals surface area contributed by atoms with Crippen molar-refractivity contribution >= 4 is 22.6 Å². The minimum Gasteiger partial charge on any atom is -0.479 e. The van der Waals surface area contributed by atoms with Crippen molar-refractivity contribution in [1.29, 1.82) is 0 Å². The minimum atomic E-state index is -1.42. The van der Waals surface area contributed by atoms with E-state index < -0.39 is 34.9 Å². The van der Waals surface area contributed by atoms with E-state index in [1.165, 1.54) is 32.4 Å². The van der Waals surface area contributed by atoms with Crippen molar-refractivity contribution in [3.05, 3.63) is 69.9 Å². The van der Waals surface area contributed by atoms with Gasteiger partial charge in [-0.05, 0) is 32.0 Å². The van der Waals surface area contributed by atoms with E-state index in [2.05, 4.69) is 0 Å². The summed E-state index contributed by atoms with van der Waals surface area (Å²) in [4.78, 5) is 24.0. The lowest BCUT2D eigenvalue weighted by molar-refractivity contribution is -0.385. The maximum Gasteiger partial charge on any atom is 0.354 e. The Kier molecular flexibility index (Phi) is 6.30. The van der Waals surface area contributed by atoms with Crippen LogP contribution >= 0.6 is 0 Å². The molecule has 0 unspecified atom stereocenters. The van der Waals surface area contributed by atoms with Gasteiger partial charge in [-0.1, -0.05) is 18.2 Å². The molecule has 1 aliphatic rings. The van der Waals surface area contributed by atoms with Crippen molar-refractivity contribution in [1.82, 2.24) is 4.57 Å². The van der Waals surface area contributed by atoms with E-state index in [4.69, 9.17) is 18.9 Å². The highest BCUT2D eigenvalue weighted by atomic mass is 16.7. The molecule has 0 bridgehead atoms. The summed E-state index contributed by atoms with van der Waals surface area (Å²) in [5, 5.41) is 24.0. The van der Waals surface area contributed by atoms with Crippen molar-refractivity contribution in [2.75, 3.05) is 20.8 Å². The van der Waals surface area contributed by atoms with Crippen LogP contribution in [0, 0.1) is 10.1 Å². The number of rotatable bonds is 7. The average Bonchev–Trinajstić information content (AvgIpc) is 3.20. The third-order valence-electron chi connectivity index (χ3n) is 6.15. The number of methoxy groups -OCH3 is 2. The molecule has 0 amide bonds. The molecule has 1 N–H and O–H groups in total. The van der Waals surface area contributed by atoms with Crippen LogP contribution in [0.25, 0.3) is 10.9 Å². The number of benzene rings is 2. The second-order valence-electron chi connectivity index (χ2n) is 8.14. The largest absolute Gasteiger partial charge is 0.479 e. The Balaban J connectivity index is 2.04. The number of nitro groups is 1. The number of aliphatic hydroxyl groups excluding tert-OH is 1. The summed E-state index contributed by atoms with van der Waals surface area (Å²) in [6.07, 6.45) is -2.32. The van der Waals surface area contributed by atoms with Gasteiger partial charge in [0.1, 0.15) is 17.5 Å². The van der Waals surface area contributed by atoms with Gasteiger partial charge in [0.05, 0.1) is 17.6 Å². The number of aliphatic hydroxyl groups is 1. The van der Waals surface area contributed by atoms with Gasteiger partial charge >= 0.3 is 5.97 Å². The molecule has 0 radical (unpaired) electrons. The molecule has 34 heavy (non-hydrogen) atoms. The van der Waals surface area contributed by atoms with Gasteiger partial charge < -0.3 is 28.6 Å². The maximum absolute atomic E-state index is 13.0. The number of hydrogen-bond donors (Lipinski definition) is 1. The Bertz CT molecular complexity index is 1230. The molecule has 180 valence electrons. The molecule has 0 aliphatic carbocycles. The molecule has 1 aliphatic heterocycles. The second kappa shape index (κ2) is 9.05. The molecule has 0 saturated heterocycles. The maximum atomic E-state index is 13.0. The molecule has 3 atom stereocenters. The Hall–Kier alpha value is -3.47. The number of hydrogen-bond acceptors (Lipinski definition) is 8. The van der Waals surface area contributed by atoms with Crippen LogP contribution in [0.3, 0.4) is 0 Å². The summed E-state index contributed by atoms with van der Waals surface area (Å²) in [7, 11) is 2.84. The number of nitrogens with zero attached hydrogens (tertiary/aromatic N) is 2. The highest BCUT2D eigenvalue weighted by Crippen LogP contribution is 2.47. The summed E-state index contributed by atoms with van der Waals surface area (Å²) in [6, 6.07) is 12.1. The lowest BCUT2D eigenvalue weighted by atomic mass is 9.84. The summed E-state index contributed by atoms with van der Waals surface area (Å²) in [5.74, 6) is -0.281. The molecule has 0 fully saturated rings. The molecule has 2 heterocycles. The minimum absolute atomic E-state index is 0.159. The molecular formula is C24H26N2O8. The predicted molar refractivity (Wildman–Crippen MR) is 122 cm³/mol. The average molecular weight is 470 g/mol. The monoisotopic (exact) mass is 470 g/mol. The molecule has 1 aromatic heterocycles. The first-order chi connectivity index (χ1) is 16.3. The zero-order chi connectivity index (χ0) is 24.6. The first kappa shape index (κ1) is 23.7. The smallest absolute Gasteiger partial charge is 0.354 e. The third-order valence-corrected chi connectivity index (χ3v) is 6.15. The number of nitro benzene ring substituents is 1. The SMILES string of the molecule is CCOC(=O)c1cc2ccccc2n1[C@@H]1c2cc([N+](=O)[O-])ccc2O[C@](C)(C(OC)OC)[C@H]1O. The van der Waals surface area contributed by atoms with Crippen LogP contribution in [-0.4, -0.2) is 59.4 Å². The van der Waals surface area contributed by atoms with Gasteiger partial charge in [-0.3, -0.25) is 10.1 Å². The normalized spacial score (nSPS) is 21.8. The molecule has 10 nitrogen and oxygen atoms in total. The van der Waals surface area contributed by atoms with Crippen molar-refractivity contribution in [2.45, 2.75) is 37.9 Å². The Labute approximate surface area is 195 Å². The number of carbonyl (C=O) groups is 1. The zero-order valence-electron chi connectivity index (χ0n) is 19.3. The van der Waals surface area contributed by atoms with Gasteiger partial charge in [-0.2, -0.15) is 0 Å². The lowest BCUT2D eigenvalue weighted by Crippen LogP contribution is -2.60. The Morgan fingerprint density at radius 3 is 2.59 bits per heavy atom. The fraction of sp³-hybridized carbons (Fsp3) is 0.375. The van der Waals surface area contributed by atoms with Crippen molar-refractivity contribution in [3.63, 3.8) is 0 Å². The third kappa shape index (κ3) is 3.69. The fourth-order valence-electron chi connectivity index (χ4n) is 4.62. The molecule has 4 rings (SSSR count). The van der Waals surface area contributed by atoms with Crippen molar-refractivity contribution in [2.24, 2.45) is 0 Å². The summed E-state index contributed by atoms with van der Waals surface area (Å²) >= 11 is 0. The van der Waals surface area contributed by atoms with Crippen LogP contribution in [-0.2, 0) is 14.2 Å². The summed E-state index contributed by atoms with van der Waals surface area (Å²) in [6.45, 7) is 3.49. The predicted octanol–water partition coefficient (Wildman–Crippen LogP) is 3.45. The molecule has 0 saturated carbocycles. The first-order valence-corrected chi connectivity index (χ1v) is 10.7. The van der Waals surface area contributed by atoms with E-state index in [0.29, 0.717) is 16.8 Å². The summed E-state index contributed by atoms with van der Waals surface area (Å²) in [5.41, 5.74) is -0.415. The van der Waals surface area contributed by atoms with E-state index in [1.54, 1.807) is 36.6 Å². The summed E-state index contributed by atoms with van der Waals surface area (Å²) < 4.78 is 24.0. The number of ether oxygens (including phenoxy) is 4. The Morgan fingerprint density at radius 2 is 1.94 bits per heavy atom. The van der Waals surface area contributed by atoms with Gasteiger partial charge in [0.25, 0.3) is 5.69 Å². The molecule has 2 aromatic carbocycles. The van der Waals surface area contributed by atoms with Gasteiger partial charge in [-0.15, -0.1) is 0 Å². The standard InChI is InChI=1S/C24H26N2O8/c1-5-33-22(28)18-12-14-8-6-7-9-17(14)25(18)20-16-13-15(26(29)30)10-11-19(16)34-24(2,21(20)27)23(31-3)32-4/h6-13,20-21,23,27H,5H2,1-4H3/t20-,21+,24+/m1/s1. The van der Waals surface area contributed by atoms with E-state index in [0.717, 1.165) is 5.39 Å².